The van der Waals surface area contributed by atoms with Gasteiger partial charge in [0.05, 0.1) is 13.7 Å². The van der Waals surface area contributed by atoms with Gasteiger partial charge >= 0.3 is 0 Å². The van der Waals surface area contributed by atoms with Crippen LogP contribution < -0.4 is 14.8 Å². The van der Waals surface area contributed by atoms with E-state index in [0.29, 0.717) is 35.3 Å². The number of oxazole rings is 1. The smallest absolute Gasteiger partial charge is 0.248 e. The van der Waals surface area contributed by atoms with Gasteiger partial charge in [-0.1, -0.05) is 23.8 Å². The number of hydrogen-bond acceptors (Lipinski definition) is 5. The Labute approximate surface area is 186 Å². The van der Waals surface area contributed by atoms with Crippen LogP contribution in [0, 0.1) is 6.92 Å². The summed E-state index contributed by atoms with van der Waals surface area (Å²) >= 11 is 0. The molecule has 0 fully saturated rings. The van der Waals surface area contributed by atoms with Crippen LogP contribution in [-0.4, -0.2) is 24.6 Å². The zero-order chi connectivity index (χ0) is 22.5. The monoisotopic (exact) mass is 428 g/mol. The fraction of sp³-hybridized carbons (Fsp3) is 0.154. The number of methoxy groups -OCH3 is 1. The predicted octanol–water partition coefficient (Wildman–Crippen LogP) is 5.86. The fourth-order valence-corrected chi connectivity index (χ4v) is 3.32. The number of aromatic nitrogens is 1. The molecule has 4 aromatic rings. The van der Waals surface area contributed by atoms with Crippen LogP contribution >= 0.6 is 0 Å². The molecule has 0 saturated heterocycles. The Bertz CT molecular complexity index is 1290. The summed E-state index contributed by atoms with van der Waals surface area (Å²) in [6.07, 6.45) is 3.19. The first-order valence-electron chi connectivity index (χ1n) is 10.3. The first-order chi connectivity index (χ1) is 15.6. The second-order valence-electron chi connectivity index (χ2n) is 7.24. The van der Waals surface area contributed by atoms with Crippen molar-refractivity contribution < 1.29 is 18.7 Å². The number of carbonyl (C=O) groups excluding carboxylic acids is 1. The van der Waals surface area contributed by atoms with Crippen molar-refractivity contribution in [1.82, 2.24) is 4.98 Å². The Morgan fingerprint density at radius 3 is 2.75 bits per heavy atom. The molecule has 6 nitrogen and oxygen atoms in total. The molecule has 0 spiro atoms. The van der Waals surface area contributed by atoms with E-state index in [0.717, 1.165) is 22.2 Å². The molecule has 0 aliphatic carbocycles. The Morgan fingerprint density at radius 2 is 1.97 bits per heavy atom. The molecule has 0 radical (unpaired) electrons. The molecule has 3 aromatic carbocycles. The molecule has 0 bridgehead atoms. The molecule has 0 saturated carbocycles. The van der Waals surface area contributed by atoms with Crippen LogP contribution in [0.25, 0.3) is 28.6 Å². The minimum Gasteiger partial charge on any atom is -0.493 e. The molecule has 4 rings (SSSR count). The lowest BCUT2D eigenvalue weighted by Crippen LogP contribution is -2.07. The van der Waals surface area contributed by atoms with Crippen molar-refractivity contribution in [3.8, 4) is 23.0 Å². The van der Waals surface area contributed by atoms with E-state index in [1.165, 1.54) is 6.08 Å². The maximum absolute atomic E-state index is 12.4. The van der Waals surface area contributed by atoms with Crippen molar-refractivity contribution in [3.05, 3.63) is 77.9 Å². The van der Waals surface area contributed by atoms with Crippen molar-refractivity contribution >= 4 is 28.8 Å². The van der Waals surface area contributed by atoms with Crippen LogP contribution in [0.5, 0.6) is 11.5 Å². The van der Waals surface area contributed by atoms with E-state index < -0.39 is 0 Å². The number of nitrogens with zero attached hydrogens (tertiary/aromatic N) is 1. The second-order valence-corrected chi connectivity index (χ2v) is 7.24. The number of ether oxygens (including phenoxy) is 2. The van der Waals surface area contributed by atoms with Crippen molar-refractivity contribution in [2.24, 2.45) is 0 Å². The molecule has 1 heterocycles. The summed E-state index contributed by atoms with van der Waals surface area (Å²) < 4.78 is 16.8. The first-order valence-corrected chi connectivity index (χ1v) is 10.3. The third kappa shape index (κ3) is 4.81. The van der Waals surface area contributed by atoms with E-state index in [2.05, 4.69) is 10.3 Å². The highest BCUT2D eigenvalue weighted by atomic mass is 16.5. The Balaban J connectivity index is 1.47. The lowest BCUT2D eigenvalue weighted by Gasteiger charge is -2.09. The van der Waals surface area contributed by atoms with E-state index in [1.54, 1.807) is 25.3 Å². The quantitative estimate of drug-likeness (QED) is 0.373. The summed E-state index contributed by atoms with van der Waals surface area (Å²) in [6.45, 7) is 4.49. The van der Waals surface area contributed by atoms with Crippen LogP contribution in [0.3, 0.4) is 0 Å². The normalized spacial score (nSPS) is 11.1. The van der Waals surface area contributed by atoms with Crippen LogP contribution in [0.2, 0.25) is 0 Å². The van der Waals surface area contributed by atoms with Gasteiger partial charge in [0.25, 0.3) is 0 Å². The summed E-state index contributed by atoms with van der Waals surface area (Å²) in [4.78, 5) is 17.0. The molecule has 1 aromatic heterocycles. The van der Waals surface area contributed by atoms with E-state index >= 15 is 0 Å². The topological polar surface area (TPSA) is 73.6 Å². The van der Waals surface area contributed by atoms with Crippen molar-refractivity contribution in [1.29, 1.82) is 0 Å². The first kappa shape index (κ1) is 21.2. The maximum atomic E-state index is 12.4. The molecule has 0 unspecified atom stereocenters. The number of nitrogens with one attached hydrogen (secondary N) is 1. The standard InChI is InChI=1S/C26H24N2O4/c1-4-31-22-12-8-18(15-24(22)30-3)9-13-25(29)27-20-10-11-21-23(16-20)32-26(28-21)19-7-5-6-17(2)14-19/h5-16H,4H2,1-3H3,(H,27,29)/b13-9+. The van der Waals surface area contributed by atoms with Gasteiger partial charge in [-0.05, 0) is 61.9 Å². The van der Waals surface area contributed by atoms with Gasteiger partial charge in [-0.3, -0.25) is 4.79 Å². The number of fused-ring (bicyclic) bond motifs is 1. The number of benzene rings is 3. The number of amides is 1. The van der Waals surface area contributed by atoms with Crippen molar-refractivity contribution in [2.75, 3.05) is 19.0 Å². The van der Waals surface area contributed by atoms with Gasteiger partial charge in [-0.15, -0.1) is 0 Å². The Morgan fingerprint density at radius 1 is 1.09 bits per heavy atom. The third-order valence-electron chi connectivity index (χ3n) is 4.84. The average molecular weight is 428 g/mol. The number of anilines is 1. The Hall–Kier alpha value is -4.06. The van der Waals surface area contributed by atoms with Gasteiger partial charge in [-0.2, -0.15) is 0 Å². The van der Waals surface area contributed by atoms with Gasteiger partial charge in [-0.25, -0.2) is 4.98 Å². The minimum absolute atomic E-state index is 0.254. The van der Waals surface area contributed by atoms with Crippen LogP contribution in [-0.2, 0) is 4.79 Å². The van der Waals surface area contributed by atoms with E-state index in [-0.39, 0.29) is 5.91 Å². The summed E-state index contributed by atoms with van der Waals surface area (Å²) in [7, 11) is 1.59. The minimum atomic E-state index is -0.254. The molecule has 0 atom stereocenters. The molecule has 0 aliphatic rings. The zero-order valence-corrected chi connectivity index (χ0v) is 18.2. The maximum Gasteiger partial charge on any atom is 0.248 e. The highest BCUT2D eigenvalue weighted by Crippen LogP contribution is 2.29. The van der Waals surface area contributed by atoms with Crippen LogP contribution in [0.15, 0.2) is 71.2 Å². The summed E-state index contributed by atoms with van der Waals surface area (Å²) in [6, 6.07) is 18.9. The number of carbonyl (C=O) groups is 1. The van der Waals surface area contributed by atoms with Crippen molar-refractivity contribution in [2.45, 2.75) is 13.8 Å². The zero-order valence-electron chi connectivity index (χ0n) is 18.2. The lowest BCUT2D eigenvalue weighted by molar-refractivity contribution is -0.111. The van der Waals surface area contributed by atoms with Gasteiger partial charge in [0.15, 0.2) is 17.1 Å². The fourth-order valence-electron chi connectivity index (χ4n) is 3.32. The highest BCUT2D eigenvalue weighted by Gasteiger charge is 2.10. The summed E-state index contributed by atoms with van der Waals surface area (Å²) in [5, 5.41) is 2.85. The highest BCUT2D eigenvalue weighted by molar-refractivity contribution is 6.02. The Kier molecular flexibility index (Phi) is 6.22. The average Bonchev–Trinajstić information content (AvgIpc) is 3.22. The lowest BCUT2D eigenvalue weighted by atomic mass is 10.1. The molecular formula is C26H24N2O4. The molecule has 1 N–H and O–H groups in total. The van der Waals surface area contributed by atoms with Gasteiger partial charge in [0, 0.05) is 23.4 Å². The third-order valence-corrected chi connectivity index (χ3v) is 4.84. The second kappa shape index (κ2) is 9.39. The largest absolute Gasteiger partial charge is 0.493 e. The van der Waals surface area contributed by atoms with Gasteiger partial charge < -0.3 is 19.2 Å². The van der Waals surface area contributed by atoms with Crippen LogP contribution in [0.1, 0.15) is 18.1 Å². The molecule has 32 heavy (non-hydrogen) atoms. The summed E-state index contributed by atoms with van der Waals surface area (Å²) in [5.41, 5.74) is 4.85. The van der Waals surface area contributed by atoms with Gasteiger partial charge in [0.2, 0.25) is 11.8 Å². The SMILES string of the molecule is CCOc1ccc(/C=C/C(=O)Nc2ccc3nc(-c4cccc(C)c4)oc3c2)cc1OC. The molecule has 1 amide bonds. The molecule has 6 heteroatoms. The number of aryl methyl sites for hydroxylation is 1. The van der Waals surface area contributed by atoms with Crippen molar-refractivity contribution in [3.63, 3.8) is 0 Å². The van der Waals surface area contributed by atoms with E-state index in [4.69, 9.17) is 13.9 Å². The predicted molar refractivity (Wildman–Crippen MR) is 126 cm³/mol. The van der Waals surface area contributed by atoms with Gasteiger partial charge in [0.1, 0.15) is 5.52 Å². The van der Waals surface area contributed by atoms with E-state index in [9.17, 15) is 4.79 Å². The molecule has 0 aliphatic heterocycles. The van der Waals surface area contributed by atoms with Crippen LogP contribution in [0.4, 0.5) is 5.69 Å². The summed E-state index contributed by atoms with van der Waals surface area (Å²) in [5.74, 6) is 1.59. The van der Waals surface area contributed by atoms with E-state index in [1.807, 2.05) is 62.4 Å². The molecule has 162 valence electrons. The number of rotatable bonds is 7. The molecular weight excluding hydrogens is 404 g/mol. The number of hydrogen-bond donors (Lipinski definition) is 1.